The number of Topliss-reactive ketones (excluding diaryl/α,β-unsaturated/α-hetero) is 1. The molecule has 0 unspecified atom stereocenters. The number of rotatable bonds is 8. The molecule has 1 heterocycles. The first-order valence-corrected chi connectivity index (χ1v) is 9.14. The SMILES string of the molecule is CCOC(=O)c1c(C)[nH]c(C(=O)[C@@H](C)OC(=O)c2ccc(OCC)cc2)c1C. The fourth-order valence-electron chi connectivity index (χ4n) is 2.85. The van der Waals surface area contributed by atoms with E-state index < -0.39 is 23.8 Å². The van der Waals surface area contributed by atoms with Gasteiger partial charge in [-0.25, -0.2) is 9.59 Å². The molecule has 0 saturated heterocycles. The Kier molecular flexibility index (Phi) is 6.98. The van der Waals surface area contributed by atoms with Crippen LogP contribution in [0.1, 0.15) is 63.2 Å². The Hall–Kier alpha value is -3.09. The van der Waals surface area contributed by atoms with Gasteiger partial charge in [-0.15, -0.1) is 0 Å². The number of aryl methyl sites for hydroxylation is 1. The molecule has 0 amide bonds. The first kappa shape index (κ1) is 21.2. The van der Waals surface area contributed by atoms with Crippen LogP contribution in [0.2, 0.25) is 0 Å². The van der Waals surface area contributed by atoms with E-state index in [9.17, 15) is 14.4 Å². The number of benzene rings is 1. The minimum absolute atomic E-state index is 0.229. The molecule has 28 heavy (non-hydrogen) atoms. The van der Waals surface area contributed by atoms with Crippen LogP contribution in [0.5, 0.6) is 5.75 Å². The summed E-state index contributed by atoms with van der Waals surface area (Å²) in [5.41, 5.74) is 1.88. The number of hydrogen-bond acceptors (Lipinski definition) is 6. The molecule has 1 aromatic carbocycles. The van der Waals surface area contributed by atoms with Crippen molar-refractivity contribution in [1.29, 1.82) is 0 Å². The Bertz CT molecular complexity index is 866. The Morgan fingerprint density at radius 1 is 1.00 bits per heavy atom. The summed E-state index contributed by atoms with van der Waals surface area (Å²) < 4.78 is 15.7. The Labute approximate surface area is 164 Å². The molecule has 2 rings (SSSR count). The van der Waals surface area contributed by atoms with Crippen LogP contribution in [0.4, 0.5) is 0 Å². The lowest BCUT2D eigenvalue weighted by molar-refractivity contribution is 0.0316. The molecule has 1 atom stereocenters. The molecule has 0 spiro atoms. The van der Waals surface area contributed by atoms with Crippen LogP contribution < -0.4 is 4.74 Å². The molecule has 0 radical (unpaired) electrons. The number of carbonyl (C=O) groups excluding carboxylic acids is 3. The second-order valence-corrected chi connectivity index (χ2v) is 6.21. The van der Waals surface area contributed by atoms with Gasteiger partial charge in [0, 0.05) is 5.69 Å². The zero-order chi connectivity index (χ0) is 20.8. The average Bonchev–Trinajstić information content (AvgIpc) is 2.96. The van der Waals surface area contributed by atoms with Crippen molar-refractivity contribution in [3.05, 3.63) is 52.3 Å². The normalized spacial score (nSPS) is 11.6. The van der Waals surface area contributed by atoms with Gasteiger partial charge < -0.3 is 19.2 Å². The summed E-state index contributed by atoms with van der Waals surface area (Å²) in [6.07, 6.45) is -1.02. The number of carbonyl (C=O) groups is 3. The topological polar surface area (TPSA) is 94.7 Å². The fourth-order valence-corrected chi connectivity index (χ4v) is 2.85. The fraction of sp³-hybridized carbons (Fsp3) is 0.381. The van der Waals surface area contributed by atoms with Gasteiger partial charge in [-0.1, -0.05) is 0 Å². The molecular weight excluding hydrogens is 362 g/mol. The van der Waals surface area contributed by atoms with E-state index in [2.05, 4.69) is 4.98 Å². The molecule has 7 nitrogen and oxygen atoms in total. The largest absolute Gasteiger partial charge is 0.494 e. The number of esters is 2. The van der Waals surface area contributed by atoms with Crippen molar-refractivity contribution in [1.82, 2.24) is 4.98 Å². The van der Waals surface area contributed by atoms with E-state index in [1.54, 1.807) is 45.0 Å². The van der Waals surface area contributed by atoms with Gasteiger partial charge >= 0.3 is 11.9 Å². The molecule has 0 aliphatic rings. The maximum absolute atomic E-state index is 12.7. The lowest BCUT2D eigenvalue weighted by Gasteiger charge is -2.12. The highest BCUT2D eigenvalue weighted by Gasteiger charge is 2.27. The molecule has 0 bridgehead atoms. The third kappa shape index (κ3) is 4.60. The van der Waals surface area contributed by atoms with Crippen LogP contribution in [0, 0.1) is 13.8 Å². The van der Waals surface area contributed by atoms with Gasteiger partial charge in [0.25, 0.3) is 0 Å². The number of aromatic amines is 1. The van der Waals surface area contributed by atoms with Crippen molar-refractivity contribution >= 4 is 17.7 Å². The molecule has 0 fully saturated rings. The minimum atomic E-state index is -1.02. The predicted octanol–water partition coefficient (Wildman–Crippen LogP) is 3.64. The van der Waals surface area contributed by atoms with Crippen LogP contribution in [0.25, 0.3) is 0 Å². The van der Waals surface area contributed by atoms with E-state index in [1.807, 2.05) is 6.92 Å². The van der Waals surface area contributed by atoms with Gasteiger partial charge in [0.15, 0.2) is 6.10 Å². The van der Waals surface area contributed by atoms with Crippen molar-refractivity contribution in [2.24, 2.45) is 0 Å². The highest BCUT2D eigenvalue weighted by molar-refractivity contribution is 6.04. The summed E-state index contributed by atoms with van der Waals surface area (Å²) in [7, 11) is 0. The van der Waals surface area contributed by atoms with E-state index in [0.29, 0.717) is 34.7 Å². The van der Waals surface area contributed by atoms with Crippen molar-refractivity contribution in [3.63, 3.8) is 0 Å². The summed E-state index contributed by atoms with van der Waals surface area (Å²) in [6.45, 7) is 9.18. The van der Waals surface area contributed by atoms with Gasteiger partial charge in [-0.2, -0.15) is 0 Å². The molecule has 0 saturated carbocycles. The lowest BCUT2D eigenvalue weighted by Crippen LogP contribution is -2.25. The van der Waals surface area contributed by atoms with E-state index in [-0.39, 0.29) is 12.3 Å². The Morgan fingerprint density at radius 3 is 2.21 bits per heavy atom. The third-order valence-electron chi connectivity index (χ3n) is 4.22. The van der Waals surface area contributed by atoms with Gasteiger partial charge in [-0.3, -0.25) is 4.79 Å². The van der Waals surface area contributed by atoms with E-state index in [1.165, 1.54) is 6.92 Å². The first-order chi connectivity index (χ1) is 13.3. The van der Waals surface area contributed by atoms with Crippen molar-refractivity contribution in [2.75, 3.05) is 13.2 Å². The molecular formula is C21H25NO6. The molecule has 2 aromatic rings. The molecule has 1 aromatic heterocycles. The zero-order valence-corrected chi connectivity index (χ0v) is 16.8. The summed E-state index contributed by atoms with van der Waals surface area (Å²) in [6, 6.07) is 6.48. The van der Waals surface area contributed by atoms with Gasteiger partial charge in [0.1, 0.15) is 5.75 Å². The number of H-pyrrole nitrogens is 1. The Balaban J connectivity index is 2.13. The summed E-state index contributed by atoms with van der Waals surface area (Å²) in [4.78, 5) is 40.0. The maximum atomic E-state index is 12.7. The highest BCUT2D eigenvalue weighted by Crippen LogP contribution is 2.21. The van der Waals surface area contributed by atoms with Crippen LogP contribution in [-0.4, -0.2) is 42.0 Å². The van der Waals surface area contributed by atoms with E-state index in [0.717, 1.165) is 0 Å². The second-order valence-electron chi connectivity index (χ2n) is 6.21. The average molecular weight is 387 g/mol. The van der Waals surface area contributed by atoms with E-state index in [4.69, 9.17) is 14.2 Å². The van der Waals surface area contributed by atoms with Crippen LogP contribution in [0.3, 0.4) is 0 Å². The maximum Gasteiger partial charge on any atom is 0.340 e. The number of ether oxygens (including phenoxy) is 3. The van der Waals surface area contributed by atoms with Crippen molar-refractivity contribution < 1.29 is 28.6 Å². The monoisotopic (exact) mass is 387 g/mol. The molecule has 150 valence electrons. The molecule has 0 aliphatic heterocycles. The number of aromatic nitrogens is 1. The highest BCUT2D eigenvalue weighted by atomic mass is 16.5. The van der Waals surface area contributed by atoms with Crippen LogP contribution in [0.15, 0.2) is 24.3 Å². The quantitative estimate of drug-likeness (QED) is 0.549. The van der Waals surface area contributed by atoms with Crippen molar-refractivity contribution in [3.8, 4) is 5.75 Å². The summed E-state index contributed by atoms with van der Waals surface area (Å²) in [5.74, 6) is -0.884. The Morgan fingerprint density at radius 2 is 1.64 bits per heavy atom. The van der Waals surface area contributed by atoms with Gasteiger partial charge in [-0.05, 0) is 64.4 Å². The first-order valence-electron chi connectivity index (χ1n) is 9.14. The minimum Gasteiger partial charge on any atom is -0.494 e. The zero-order valence-electron chi connectivity index (χ0n) is 16.8. The molecule has 7 heteroatoms. The summed E-state index contributed by atoms with van der Waals surface area (Å²) >= 11 is 0. The predicted molar refractivity (Wildman–Crippen MR) is 103 cm³/mol. The smallest absolute Gasteiger partial charge is 0.340 e. The standard InChI is InChI=1S/C21H25NO6/c1-6-26-16-10-8-15(9-11-16)20(24)28-14(5)19(23)18-12(3)17(13(4)22-18)21(25)27-7-2/h8-11,14,22H,6-7H2,1-5H3/t14-/m1/s1. The summed E-state index contributed by atoms with van der Waals surface area (Å²) in [5, 5.41) is 0. The van der Waals surface area contributed by atoms with Gasteiger partial charge in [0.2, 0.25) is 5.78 Å². The van der Waals surface area contributed by atoms with E-state index >= 15 is 0 Å². The van der Waals surface area contributed by atoms with Crippen molar-refractivity contribution in [2.45, 2.75) is 40.7 Å². The number of nitrogens with one attached hydrogen (secondary N) is 1. The third-order valence-corrected chi connectivity index (χ3v) is 4.22. The molecule has 0 aliphatic carbocycles. The van der Waals surface area contributed by atoms with Crippen LogP contribution in [-0.2, 0) is 9.47 Å². The lowest BCUT2D eigenvalue weighted by atomic mass is 10.1. The number of ketones is 1. The number of hydrogen-bond donors (Lipinski definition) is 1. The van der Waals surface area contributed by atoms with Gasteiger partial charge in [0.05, 0.1) is 30.0 Å². The second kappa shape index (κ2) is 9.21. The van der Waals surface area contributed by atoms with Crippen LogP contribution >= 0.6 is 0 Å². The molecule has 1 N–H and O–H groups in total.